The molecule has 0 aliphatic carbocycles. The molecule has 3 rings (SSSR count). The fourth-order valence-corrected chi connectivity index (χ4v) is 3.39. The summed E-state index contributed by atoms with van der Waals surface area (Å²) in [6.45, 7) is 11.9. The van der Waals surface area contributed by atoms with Gasteiger partial charge >= 0.3 is 0 Å². The normalized spacial score (nSPS) is 17.0. The first-order valence-corrected chi connectivity index (χ1v) is 12.4. The Labute approximate surface area is 144 Å². The molecule has 0 atom stereocenters. The highest BCUT2D eigenvalue weighted by atomic mass is 28.3. The molecule has 1 aromatic heterocycles. The molecule has 24 heavy (non-hydrogen) atoms. The average molecular weight is 349 g/mol. The van der Waals surface area contributed by atoms with Crippen molar-refractivity contribution >= 4 is 19.0 Å². The highest BCUT2D eigenvalue weighted by molar-refractivity contribution is 6.76. The predicted molar refractivity (Wildman–Crippen MR) is 98.3 cm³/mol. The molecule has 2 heterocycles. The number of nitrogens with zero attached hydrogens (tertiary/aromatic N) is 2. The number of benzene rings is 1. The van der Waals surface area contributed by atoms with Crippen molar-refractivity contribution in [3.8, 4) is 5.75 Å². The number of rotatable bonds is 8. The molecule has 1 aliphatic rings. The molecule has 1 fully saturated rings. The van der Waals surface area contributed by atoms with Gasteiger partial charge in [0.1, 0.15) is 12.5 Å². The lowest BCUT2D eigenvalue weighted by molar-refractivity contribution is -0.162. The summed E-state index contributed by atoms with van der Waals surface area (Å²) < 4.78 is 19.1. The van der Waals surface area contributed by atoms with Crippen LogP contribution in [-0.2, 0) is 16.2 Å². The van der Waals surface area contributed by atoms with Crippen LogP contribution in [0.3, 0.4) is 0 Å². The van der Waals surface area contributed by atoms with Gasteiger partial charge in [-0.05, 0) is 30.7 Å². The van der Waals surface area contributed by atoms with Crippen molar-refractivity contribution in [2.24, 2.45) is 0 Å². The van der Waals surface area contributed by atoms with Gasteiger partial charge in [0.15, 0.2) is 5.60 Å². The first-order chi connectivity index (χ1) is 11.4. The van der Waals surface area contributed by atoms with Crippen molar-refractivity contribution in [1.82, 2.24) is 9.78 Å². The van der Waals surface area contributed by atoms with Crippen LogP contribution in [0.2, 0.25) is 25.7 Å². The molecule has 0 saturated carbocycles. The van der Waals surface area contributed by atoms with Crippen LogP contribution in [0.5, 0.6) is 5.75 Å². The molecule has 5 nitrogen and oxygen atoms in total. The molecule has 0 unspecified atom stereocenters. The van der Waals surface area contributed by atoms with Gasteiger partial charge < -0.3 is 14.2 Å². The second-order valence-electron chi connectivity index (χ2n) is 7.87. The Bertz CT molecular complexity index is 684. The molecular formula is C18H28N2O3Si. The molecule has 1 aliphatic heterocycles. The zero-order valence-electron chi connectivity index (χ0n) is 15.2. The van der Waals surface area contributed by atoms with E-state index in [0.717, 1.165) is 29.7 Å². The first kappa shape index (κ1) is 17.4. The van der Waals surface area contributed by atoms with E-state index in [9.17, 15) is 0 Å². The van der Waals surface area contributed by atoms with Crippen molar-refractivity contribution < 1.29 is 14.2 Å². The lowest BCUT2D eigenvalue weighted by Crippen LogP contribution is -2.53. The third kappa shape index (κ3) is 4.17. The molecule has 2 aromatic rings. The van der Waals surface area contributed by atoms with Gasteiger partial charge in [-0.2, -0.15) is 5.10 Å². The second kappa shape index (κ2) is 6.86. The van der Waals surface area contributed by atoms with Gasteiger partial charge in [0.25, 0.3) is 0 Å². The third-order valence-electron chi connectivity index (χ3n) is 4.45. The van der Waals surface area contributed by atoms with E-state index in [2.05, 4.69) is 37.7 Å². The van der Waals surface area contributed by atoms with Gasteiger partial charge in [0.05, 0.1) is 18.7 Å². The fourth-order valence-electron chi connectivity index (χ4n) is 2.64. The van der Waals surface area contributed by atoms with E-state index in [4.69, 9.17) is 14.2 Å². The Kier molecular flexibility index (Phi) is 4.99. The zero-order chi connectivity index (χ0) is 17.2. The van der Waals surface area contributed by atoms with E-state index in [1.54, 1.807) is 0 Å². The Morgan fingerprint density at radius 1 is 1.29 bits per heavy atom. The van der Waals surface area contributed by atoms with Crippen molar-refractivity contribution in [3.05, 3.63) is 24.4 Å². The van der Waals surface area contributed by atoms with E-state index in [1.165, 1.54) is 6.04 Å². The summed E-state index contributed by atoms with van der Waals surface area (Å²) in [5, 5.41) is 5.64. The largest absolute Gasteiger partial charge is 0.482 e. The van der Waals surface area contributed by atoms with Gasteiger partial charge in [-0.25, -0.2) is 4.68 Å². The van der Waals surface area contributed by atoms with Crippen LogP contribution < -0.4 is 4.74 Å². The maximum absolute atomic E-state index is 6.15. The summed E-state index contributed by atoms with van der Waals surface area (Å²) in [7, 11) is -1.04. The summed E-state index contributed by atoms with van der Waals surface area (Å²) in [5.74, 6) is 0.881. The minimum absolute atomic E-state index is 0.149. The Morgan fingerprint density at radius 2 is 2.08 bits per heavy atom. The number of aromatic nitrogens is 2. The highest BCUT2D eigenvalue weighted by Gasteiger charge is 2.39. The molecule has 6 heteroatoms. The van der Waals surface area contributed by atoms with Gasteiger partial charge in [-0.15, -0.1) is 0 Å². The third-order valence-corrected chi connectivity index (χ3v) is 6.16. The van der Waals surface area contributed by atoms with Crippen LogP contribution in [0.1, 0.15) is 13.3 Å². The summed E-state index contributed by atoms with van der Waals surface area (Å²) in [4.78, 5) is 0. The summed E-state index contributed by atoms with van der Waals surface area (Å²) in [6, 6.07) is 7.22. The van der Waals surface area contributed by atoms with E-state index in [1.807, 2.05) is 23.0 Å². The van der Waals surface area contributed by atoms with Crippen molar-refractivity contribution in [2.45, 2.75) is 51.4 Å². The molecule has 0 spiro atoms. The first-order valence-electron chi connectivity index (χ1n) is 8.71. The SMILES string of the molecule is CCC1(Oc2ccc3nn(COCC[Si](C)(C)C)cc3c2)COC1. The van der Waals surface area contributed by atoms with Crippen LogP contribution in [0.25, 0.3) is 10.9 Å². The molecule has 132 valence electrons. The van der Waals surface area contributed by atoms with Crippen molar-refractivity contribution in [3.63, 3.8) is 0 Å². The van der Waals surface area contributed by atoms with Crippen LogP contribution in [0.15, 0.2) is 24.4 Å². The van der Waals surface area contributed by atoms with Gasteiger partial charge in [-0.1, -0.05) is 26.6 Å². The van der Waals surface area contributed by atoms with E-state index >= 15 is 0 Å². The monoisotopic (exact) mass is 348 g/mol. The maximum Gasteiger partial charge on any atom is 0.155 e. The summed E-state index contributed by atoms with van der Waals surface area (Å²) in [6.07, 6.45) is 2.97. The minimum atomic E-state index is -1.04. The molecular weight excluding hydrogens is 320 g/mol. The lowest BCUT2D eigenvalue weighted by atomic mass is 9.98. The zero-order valence-corrected chi connectivity index (χ0v) is 16.2. The van der Waals surface area contributed by atoms with Crippen LogP contribution >= 0.6 is 0 Å². The predicted octanol–water partition coefficient (Wildman–Crippen LogP) is 3.91. The summed E-state index contributed by atoms with van der Waals surface area (Å²) >= 11 is 0. The second-order valence-corrected chi connectivity index (χ2v) is 13.5. The Morgan fingerprint density at radius 3 is 2.71 bits per heavy atom. The van der Waals surface area contributed by atoms with Gasteiger partial charge in [-0.3, -0.25) is 0 Å². The molecule has 0 bridgehead atoms. The van der Waals surface area contributed by atoms with Crippen molar-refractivity contribution in [1.29, 1.82) is 0 Å². The minimum Gasteiger partial charge on any atom is -0.482 e. The van der Waals surface area contributed by atoms with Gasteiger partial charge in [0.2, 0.25) is 0 Å². The van der Waals surface area contributed by atoms with Gasteiger partial charge in [0, 0.05) is 26.3 Å². The Balaban J connectivity index is 1.61. The molecule has 0 radical (unpaired) electrons. The molecule has 0 amide bonds. The van der Waals surface area contributed by atoms with E-state index in [0.29, 0.717) is 19.9 Å². The maximum atomic E-state index is 6.15. The highest BCUT2D eigenvalue weighted by Crippen LogP contribution is 2.30. The van der Waals surface area contributed by atoms with Crippen LogP contribution in [0.4, 0.5) is 0 Å². The average Bonchev–Trinajstić information content (AvgIpc) is 2.88. The quantitative estimate of drug-likeness (QED) is 0.536. The molecule has 1 saturated heterocycles. The van der Waals surface area contributed by atoms with E-state index < -0.39 is 8.07 Å². The van der Waals surface area contributed by atoms with Crippen LogP contribution in [-0.4, -0.2) is 43.3 Å². The number of fused-ring (bicyclic) bond motifs is 1. The smallest absolute Gasteiger partial charge is 0.155 e. The van der Waals surface area contributed by atoms with E-state index in [-0.39, 0.29) is 5.60 Å². The topological polar surface area (TPSA) is 45.5 Å². The lowest BCUT2D eigenvalue weighted by Gasteiger charge is -2.40. The van der Waals surface area contributed by atoms with Crippen molar-refractivity contribution in [2.75, 3.05) is 19.8 Å². The number of ether oxygens (including phenoxy) is 3. The number of hydrogen-bond acceptors (Lipinski definition) is 4. The van der Waals surface area contributed by atoms with Crippen LogP contribution in [0, 0.1) is 0 Å². The molecule has 1 aromatic carbocycles. The Hall–Kier alpha value is -1.37. The standard InChI is InChI=1S/C18H28N2O3Si/c1-5-18(12-22-13-18)23-16-6-7-17-15(10-16)11-20(19-17)14-21-8-9-24(2,3)4/h6-7,10-11H,5,8-9,12-14H2,1-4H3. The summed E-state index contributed by atoms with van der Waals surface area (Å²) in [5.41, 5.74) is 0.815. The number of hydrogen-bond donors (Lipinski definition) is 0. The fraction of sp³-hybridized carbons (Fsp3) is 0.611. The molecule has 0 N–H and O–H groups in total.